The highest BCUT2D eigenvalue weighted by Gasteiger charge is 2.09. The van der Waals surface area contributed by atoms with Crippen molar-refractivity contribution < 1.29 is 9.84 Å². The van der Waals surface area contributed by atoms with Crippen molar-refractivity contribution in [2.45, 2.75) is 25.4 Å². The van der Waals surface area contributed by atoms with Gasteiger partial charge in [0.15, 0.2) is 0 Å². The van der Waals surface area contributed by atoms with Gasteiger partial charge in [0.05, 0.1) is 11.5 Å². The zero-order valence-corrected chi connectivity index (χ0v) is 10.0. The van der Waals surface area contributed by atoms with E-state index in [0.29, 0.717) is 5.75 Å². The Kier molecular flexibility index (Phi) is 5.76. The summed E-state index contributed by atoms with van der Waals surface area (Å²) in [7, 11) is 0. The highest BCUT2D eigenvalue weighted by Crippen LogP contribution is 2.21. The van der Waals surface area contributed by atoms with Crippen LogP contribution in [0, 0.1) is 0 Å². The lowest BCUT2D eigenvalue weighted by Gasteiger charge is -2.14. The van der Waals surface area contributed by atoms with E-state index in [1.165, 1.54) is 0 Å². The molecular weight excluding hydrogens is 208 g/mol. The van der Waals surface area contributed by atoms with Crippen LogP contribution in [0.3, 0.4) is 0 Å². The second-order valence-electron chi connectivity index (χ2n) is 3.28. The molecule has 2 atom stereocenters. The summed E-state index contributed by atoms with van der Waals surface area (Å²) < 4.78 is 5.38. The smallest absolute Gasteiger partial charge is 0.1000 e. The van der Waals surface area contributed by atoms with Crippen molar-refractivity contribution in [2.24, 2.45) is 0 Å². The first kappa shape index (κ1) is 12.6. The number of benzene rings is 1. The lowest BCUT2D eigenvalue weighted by molar-refractivity contribution is 0.135. The first-order valence-corrected chi connectivity index (χ1v) is 6.25. The summed E-state index contributed by atoms with van der Waals surface area (Å²) in [5.74, 6) is 0.672. The molecule has 3 heteroatoms. The summed E-state index contributed by atoms with van der Waals surface area (Å²) in [4.78, 5) is 0. The number of aliphatic hydroxyl groups is 1. The van der Waals surface area contributed by atoms with Crippen LogP contribution in [-0.4, -0.2) is 22.9 Å². The van der Waals surface area contributed by atoms with Crippen LogP contribution in [-0.2, 0) is 4.74 Å². The average Bonchev–Trinajstić information content (AvgIpc) is 2.27. The van der Waals surface area contributed by atoms with Gasteiger partial charge in [0.2, 0.25) is 0 Å². The number of rotatable bonds is 6. The van der Waals surface area contributed by atoms with E-state index in [0.717, 1.165) is 12.2 Å². The molecule has 0 saturated carbocycles. The molecule has 0 aliphatic rings. The predicted molar refractivity (Wildman–Crippen MR) is 64.9 cm³/mol. The van der Waals surface area contributed by atoms with Crippen molar-refractivity contribution in [1.29, 1.82) is 0 Å². The standard InChI is InChI=1S/C12H18O2S/c1-3-14-10(2)15-9-12(13)11-7-5-4-6-8-11/h4-8,10,12-13H,3,9H2,1-2H3/t10-,12-/m0/s1. The Labute approximate surface area is 95.7 Å². The highest BCUT2D eigenvalue weighted by atomic mass is 32.2. The van der Waals surface area contributed by atoms with E-state index >= 15 is 0 Å². The third-order valence-corrected chi connectivity index (χ3v) is 3.19. The van der Waals surface area contributed by atoms with Gasteiger partial charge in [0.1, 0.15) is 0 Å². The van der Waals surface area contributed by atoms with Gasteiger partial charge < -0.3 is 9.84 Å². The Bertz CT molecular complexity index is 264. The van der Waals surface area contributed by atoms with Crippen LogP contribution < -0.4 is 0 Å². The maximum absolute atomic E-state index is 9.86. The molecule has 1 N–H and O–H groups in total. The van der Waals surface area contributed by atoms with Crippen LogP contribution in [0.4, 0.5) is 0 Å². The molecule has 0 amide bonds. The minimum absolute atomic E-state index is 0.147. The molecule has 15 heavy (non-hydrogen) atoms. The third-order valence-electron chi connectivity index (χ3n) is 2.07. The van der Waals surface area contributed by atoms with Gasteiger partial charge in [-0.2, -0.15) is 0 Å². The molecule has 0 bridgehead atoms. The number of hydrogen-bond acceptors (Lipinski definition) is 3. The largest absolute Gasteiger partial charge is 0.388 e. The van der Waals surface area contributed by atoms with Gasteiger partial charge in [-0.05, 0) is 19.4 Å². The molecule has 0 aromatic heterocycles. The minimum Gasteiger partial charge on any atom is -0.388 e. The quantitative estimate of drug-likeness (QED) is 0.756. The minimum atomic E-state index is -0.404. The normalized spacial score (nSPS) is 14.9. The molecule has 1 rings (SSSR count). The van der Waals surface area contributed by atoms with E-state index < -0.39 is 6.10 Å². The van der Waals surface area contributed by atoms with Crippen LogP contribution in [0.1, 0.15) is 25.5 Å². The van der Waals surface area contributed by atoms with Crippen molar-refractivity contribution in [3.63, 3.8) is 0 Å². The molecule has 0 spiro atoms. The van der Waals surface area contributed by atoms with Crippen LogP contribution in [0.2, 0.25) is 0 Å². The SMILES string of the molecule is CCO[C@H](C)SC[C@H](O)c1ccccc1. The molecule has 0 aliphatic heterocycles. The first-order valence-electron chi connectivity index (χ1n) is 5.20. The van der Waals surface area contributed by atoms with Gasteiger partial charge >= 0.3 is 0 Å². The molecule has 0 fully saturated rings. The highest BCUT2D eigenvalue weighted by molar-refractivity contribution is 7.99. The van der Waals surface area contributed by atoms with Crippen LogP contribution in [0.15, 0.2) is 30.3 Å². The predicted octanol–water partition coefficient (Wildman–Crippen LogP) is 2.84. The van der Waals surface area contributed by atoms with Crippen molar-refractivity contribution in [3.8, 4) is 0 Å². The second kappa shape index (κ2) is 6.88. The molecule has 0 radical (unpaired) electrons. The Hall–Kier alpha value is -0.510. The van der Waals surface area contributed by atoms with E-state index in [1.807, 2.05) is 44.2 Å². The summed E-state index contributed by atoms with van der Waals surface area (Å²) in [5.41, 5.74) is 1.11. The molecular formula is C12H18O2S. The zero-order chi connectivity index (χ0) is 11.1. The van der Waals surface area contributed by atoms with Crippen molar-refractivity contribution in [3.05, 3.63) is 35.9 Å². The Balaban J connectivity index is 2.33. The maximum Gasteiger partial charge on any atom is 0.1000 e. The fourth-order valence-corrected chi connectivity index (χ4v) is 2.16. The van der Waals surface area contributed by atoms with Gasteiger partial charge in [0.25, 0.3) is 0 Å². The number of aliphatic hydroxyl groups excluding tert-OH is 1. The molecule has 1 aromatic rings. The topological polar surface area (TPSA) is 29.5 Å². The van der Waals surface area contributed by atoms with Crippen molar-refractivity contribution in [2.75, 3.05) is 12.4 Å². The lowest BCUT2D eigenvalue weighted by Crippen LogP contribution is -2.08. The molecule has 0 aliphatic carbocycles. The zero-order valence-electron chi connectivity index (χ0n) is 9.22. The number of ether oxygens (including phenoxy) is 1. The third kappa shape index (κ3) is 4.69. The van der Waals surface area contributed by atoms with E-state index in [1.54, 1.807) is 11.8 Å². The monoisotopic (exact) mass is 226 g/mol. The fourth-order valence-electron chi connectivity index (χ4n) is 1.28. The number of hydrogen-bond donors (Lipinski definition) is 1. The Morgan fingerprint density at radius 2 is 2.00 bits per heavy atom. The summed E-state index contributed by atoms with van der Waals surface area (Å²) in [5, 5.41) is 9.86. The second-order valence-corrected chi connectivity index (χ2v) is 4.61. The molecule has 0 saturated heterocycles. The van der Waals surface area contributed by atoms with Crippen molar-refractivity contribution in [1.82, 2.24) is 0 Å². The van der Waals surface area contributed by atoms with E-state index in [4.69, 9.17) is 4.74 Å². The molecule has 1 aromatic carbocycles. The van der Waals surface area contributed by atoms with Gasteiger partial charge in [0, 0.05) is 12.4 Å². The lowest BCUT2D eigenvalue weighted by atomic mass is 10.1. The van der Waals surface area contributed by atoms with Crippen LogP contribution in [0.5, 0.6) is 0 Å². The van der Waals surface area contributed by atoms with Crippen LogP contribution >= 0.6 is 11.8 Å². The van der Waals surface area contributed by atoms with Crippen molar-refractivity contribution >= 4 is 11.8 Å². The summed E-state index contributed by atoms with van der Waals surface area (Å²) >= 11 is 1.63. The summed E-state index contributed by atoms with van der Waals surface area (Å²) in [6, 6.07) is 9.71. The summed E-state index contributed by atoms with van der Waals surface area (Å²) in [6.07, 6.45) is -0.404. The maximum atomic E-state index is 9.86. The van der Waals surface area contributed by atoms with Gasteiger partial charge in [-0.1, -0.05) is 30.3 Å². The number of thioether (sulfide) groups is 1. The van der Waals surface area contributed by atoms with E-state index in [9.17, 15) is 5.11 Å². The van der Waals surface area contributed by atoms with Gasteiger partial charge in [-0.25, -0.2) is 0 Å². The molecule has 0 unspecified atom stereocenters. The fraction of sp³-hybridized carbons (Fsp3) is 0.500. The Morgan fingerprint density at radius 3 is 2.60 bits per heavy atom. The van der Waals surface area contributed by atoms with Gasteiger partial charge in [-0.15, -0.1) is 11.8 Å². The molecule has 2 nitrogen and oxygen atoms in total. The van der Waals surface area contributed by atoms with Crippen LogP contribution in [0.25, 0.3) is 0 Å². The molecule has 84 valence electrons. The van der Waals surface area contributed by atoms with Gasteiger partial charge in [-0.3, -0.25) is 0 Å². The molecule has 0 heterocycles. The average molecular weight is 226 g/mol. The summed E-state index contributed by atoms with van der Waals surface area (Å²) in [6.45, 7) is 4.70. The van der Waals surface area contributed by atoms with E-state index in [2.05, 4.69) is 0 Å². The Morgan fingerprint density at radius 1 is 1.33 bits per heavy atom. The van der Waals surface area contributed by atoms with E-state index in [-0.39, 0.29) is 5.44 Å². The first-order chi connectivity index (χ1) is 7.24.